The first-order valence-corrected chi connectivity index (χ1v) is 12.7. The molecule has 2 saturated heterocycles. The molecule has 10 heteroatoms. The molecule has 10 nitrogen and oxygen atoms in total. The van der Waals surface area contributed by atoms with Gasteiger partial charge in [-0.15, -0.1) is 6.42 Å². The number of carboxylic acids is 1. The highest BCUT2D eigenvalue weighted by molar-refractivity contribution is 5.91. The van der Waals surface area contributed by atoms with Crippen LogP contribution >= 0.6 is 0 Å². The van der Waals surface area contributed by atoms with Crippen LogP contribution in [0.2, 0.25) is 0 Å². The highest BCUT2D eigenvalue weighted by atomic mass is 16.4. The molecular weight excluding hydrogens is 474 g/mol. The van der Waals surface area contributed by atoms with E-state index in [1.807, 2.05) is 26.0 Å². The molecule has 0 spiro atoms. The molecular formula is C27H39N5O5. The molecule has 4 atom stereocenters. The third-order valence-electron chi connectivity index (χ3n) is 7.40. The van der Waals surface area contributed by atoms with E-state index < -0.39 is 35.6 Å². The molecule has 3 rings (SSSR count). The third kappa shape index (κ3) is 7.29. The lowest BCUT2D eigenvalue weighted by Gasteiger charge is -2.39. The van der Waals surface area contributed by atoms with Gasteiger partial charge < -0.3 is 31.1 Å². The van der Waals surface area contributed by atoms with Crippen molar-refractivity contribution in [3.8, 4) is 12.3 Å². The fourth-order valence-corrected chi connectivity index (χ4v) is 5.12. The lowest BCUT2D eigenvalue weighted by molar-refractivity contribution is -0.142. The van der Waals surface area contributed by atoms with E-state index in [4.69, 9.17) is 6.42 Å². The summed E-state index contributed by atoms with van der Waals surface area (Å²) in [5.74, 6) is 1.15. The monoisotopic (exact) mass is 513 g/mol. The molecule has 2 aliphatic heterocycles. The number of aliphatic hydroxyl groups is 1. The number of likely N-dealkylation sites (N-methyl/N-ethyl adjacent to an activating group) is 1. The number of amides is 2. The maximum Gasteiger partial charge on any atom is 0.322 e. The number of hydrogen-bond donors (Lipinski definition) is 5. The number of carbonyl (C=O) groups excluding carboxylic acids is 2. The zero-order valence-corrected chi connectivity index (χ0v) is 21.9. The van der Waals surface area contributed by atoms with Crippen molar-refractivity contribution in [3.05, 3.63) is 35.4 Å². The Morgan fingerprint density at radius 1 is 1.24 bits per heavy atom. The molecule has 0 radical (unpaired) electrons. The van der Waals surface area contributed by atoms with E-state index in [1.165, 1.54) is 4.90 Å². The van der Waals surface area contributed by atoms with E-state index in [9.17, 15) is 24.6 Å². The zero-order valence-electron chi connectivity index (χ0n) is 21.9. The van der Waals surface area contributed by atoms with E-state index in [0.29, 0.717) is 32.6 Å². The maximum atomic E-state index is 13.7. The predicted octanol–water partition coefficient (Wildman–Crippen LogP) is -0.391. The van der Waals surface area contributed by atoms with Gasteiger partial charge in [0.25, 0.3) is 0 Å². The van der Waals surface area contributed by atoms with Gasteiger partial charge in [-0.25, -0.2) is 0 Å². The molecule has 1 aromatic rings. The summed E-state index contributed by atoms with van der Waals surface area (Å²) < 4.78 is 0. The number of β-amino-alcohol motifs (C(OH)–C–C–N with tert-alkyl or cyclic N) is 1. The minimum Gasteiger partial charge on any atom is -0.480 e. The second-order valence-corrected chi connectivity index (χ2v) is 10.6. The largest absolute Gasteiger partial charge is 0.480 e. The first kappa shape index (κ1) is 28.6. The number of aliphatic carboxylic acids is 1. The quantitative estimate of drug-likeness (QED) is 0.267. The van der Waals surface area contributed by atoms with Crippen molar-refractivity contribution in [2.45, 2.75) is 57.5 Å². The van der Waals surface area contributed by atoms with Gasteiger partial charge in [-0.3, -0.25) is 19.3 Å². The summed E-state index contributed by atoms with van der Waals surface area (Å²) in [5.41, 5.74) is 1.16. The van der Waals surface area contributed by atoms with Crippen LogP contribution in [0.1, 0.15) is 37.8 Å². The van der Waals surface area contributed by atoms with Crippen molar-refractivity contribution in [3.63, 3.8) is 0 Å². The number of carbonyl (C=O) groups is 3. The van der Waals surface area contributed by atoms with Crippen LogP contribution in [0.15, 0.2) is 24.3 Å². The van der Waals surface area contributed by atoms with Gasteiger partial charge in [-0.1, -0.05) is 31.9 Å². The predicted molar refractivity (Wildman–Crippen MR) is 139 cm³/mol. The Hall–Kier alpha value is -2.97. The molecule has 2 fully saturated rings. The molecule has 202 valence electrons. The van der Waals surface area contributed by atoms with Crippen molar-refractivity contribution >= 4 is 17.8 Å². The Kier molecular flexibility index (Phi) is 9.68. The smallest absolute Gasteiger partial charge is 0.322 e. The molecule has 1 aromatic carbocycles. The first-order valence-electron chi connectivity index (χ1n) is 12.7. The number of rotatable bonds is 10. The first-order chi connectivity index (χ1) is 17.6. The molecule has 0 aromatic heterocycles. The number of piperazine rings is 1. The van der Waals surface area contributed by atoms with Gasteiger partial charge >= 0.3 is 5.97 Å². The van der Waals surface area contributed by atoms with Crippen LogP contribution in [0.3, 0.4) is 0 Å². The fourth-order valence-electron chi connectivity index (χ4n) is 5.12. The maximum absolute atomic E-state index is 13.7. The summed E-state index contributed by atoms with van der Waals surface area (Å²) in [6.07, 6.45) is 5.45. The molecule has 5 N–H and O–H groups in total. The number of nitrogens with zero attached hydrogens (tertiary/aromatic N) is 2. The Morgan fingerprint density at radius 3 is 2.57 bits per heavy atom. The highest BCUT2D eigenvalue weighted by Gasteiger charge is 2.44. The average molecular weight is 514 g/mol. The van der Waals surface area contributed by atoms with Crippen LogP contribution in [0.4, 0.5) is 0 Å². The lowest BCUT2D eigenvalue weighted by atomic mass is 9.80. The Morgan fingerprint density at radius 2 is 1.95 bits per heavy atom. The van der Waals surface area contributed by atoms with Crippen LogP contribution in [0.5, 0.6) is 0 Å². The van der Waals surface area contributed by atoms with Crippen molar-refractivity contribution in [2.75, 3.05) is 39.8 Å². The van der Waals surface area contributed by atoms with Gasteiger partial charge in [0, 0.05) is 44.7 Å². The van der Waals surface area contributed by atoms with E-state index in [2.05, 4.69) is 26.8 Å². The topological polar surface area (TPSA) is 134 Å². The minimum absolute atomic E-state index is 0.0974. The highest BCUT2D eigenvalue weighted by Crippen LogP contribution is 2.30. The summed E-state index contributed by atoms with van der Waals surface area (Å²) in [6, 6.07) is 5.36. The van der Waals surface area contributed by atoms with Gasteiger partial charge in [-0.2, -0.15) is 0 Å². The number of benzene rings is 1. The SMILES string of the molecule is C#Cc1ccc(CNC(=O)[C@@H]2C[C@@H](O)CN2C(=O)[C@H](NC)C(C)(C)CCN2CCN[C@H](C(=O)O)C2)cc1. The van der Waals surface area contributed by atoms with Gasteiger partial charge in [0.15, 0.2) is 0 Å². The van der Waals surface area contributed by atoms with Crippen LogP contribution < -0.4 is 16.0 Å². The number of aliphatic hydroxyl groups excluding tert-OH is 1. The molecule has 2 aliphatic rings. The third-order valence-corrected chi connectivity index (χ3v) is 7.40. The lowest BCUT2D eigenvalue weighted by Crippen LogP contribution is -2.58. The normalized spacial score (nSPS) is 23.3. The molecule has 0 unspecified atom stereocenters. The zero-order chi connectivity index (χ0) is 27.2. The van der Waals surface area contributed by atoms with Gasteiger partial charge in [-0.05, 0) is 43.1 Å². The van der Waals surface area contributed by atoms with Crippen LogP contribution in [-0.2, 0) is 20.9 Å². The van der Waals surface area contributed by atoms with E-state index >= 15 is 0 Å². The minimum atomic E-state index is -0.867. The number of carboxylic acid groups (broad SMARTS) is 1. The summed E-state index contributed by atoms with van der Waals surface area (Å²) in [5, 5.41) is 28.7. The summed E-state index contributed by atoms with van der Waals surface area (Å²) in [7, 11) is 1.72. The summed E-state index contributed by atoms with van der Waals surface area (Å²) in [4.78, 5) is 41.7. The molecule has 2 amide bonds. The number of nitrogens with one attached hydrogen (secondary N) is 3. The fraction of sp³-hybridized carbons (Fsp3) is 0.593. The molecule has 0 bridgehead atoms. The molecule has 37 heavy (non-hydrogen) atoms. The Labute approximate surface area is 218 Å². The van der Waals surface area contributed by atoms with Crippen LogP contribution in [0, 0.1) is 17.8 Å². The second kappa shape index (κ2) is 12.5. The van der Waals surface area contributed by atoms with Crippen molar-refractivity contribution < 1.29 is 24.6 Å². The second-order valence-electron chi connectivity index (χ2n) is 10.6. The van der Waals surface area contributed by atoms with Crippen LogP contribution in [-0.4, -0.2) is 102 Å². The van der Waals surface area contributed by atoms with Gasteiger partial charge in [0.1, 0.15) is 12.1 Å². The standard InChI is InChI=1S/C27H39N5O5/c1-5-18-6-8-19(9-7-18)15-30-24(34)22-14-20(33)16-32(22)25(35)23(28-4)27(2,3)10-12-31-13-11-29-21(17-31)26(36)37/h1,6-9,20-23,28-29,33H,10-17H2,2-4H3,(H,30,34)(H,36,37)/t20-,21+,22+,23+/m1/s1. The van der Waals surface area contributed by atoms with Gasteiger partial charge in [0.05, 0.1) is 12.1 Å². The van der Waals surface area contributed by atoms with Crippen molar-refractivity contribution in [2.24, 2.45) is 5.41 Å². The van der Waals surface area contributed by atoms with E-state index in [-0.39, 0.29) is 24.8 Å². The number of terminal acetylenes is 1. The van der Waals surface area contributed by atoms with E-state index in [0.717, 1.165) is 17.7 Å². The number of likely N-dealkylation sites (tertiary alicyclic amines) is 1. The Bertz CT molecular complexity index is 1010. The molecule has 2 heterocycles. The average Bonchev–Trinajstić information content (AvgIpc) is 3.28. The molecule has 0 aliphatic carbocycles. The van der Waals surface area contributed by atoms with Crippen molar-refractivity contribution in [1.82, 2.24) is 25.8 Å². The van der Waals surface area contributed by atoms with Crippen LogP contribution in [0.25, 0.3) is 0 Å². The van der Waals surface area contributed by atoms with Gasteiger partial charge in [0.2, 0.25) is 11.8 Å². The summed E-state index contributed by atoms with van der Waals surface area (Å²) >= 11 is 0. The summed E-state index contributed by atoms with van der Waals surface area (Å²) in [6.45, 7) is 6.77. The van der Waals surface area contributed by atoms with E-state index in [1.54, 1.807) is 19.2 Å². The molecule has 0 saturated carbocycles. The number of hydrogen-bond acceptors (Lipinski definition) is 7. The Balaban J connectivity index is 1.62. The van der Waals surface area contributed by atoms with Crippen molar-refractivity contribution in [1.29, 1.82) is 0 Å².